The van der Waals surface area contributed by atoms with Gasteiger partial charge in [0.15, 0.2) is 0 Å². The van der Waals surface area contributed by atoms with Crippen LogP contribution in [0.25, 0.3) is 0 Å². The molecule has 1 unspecified atom stereocenters. The van der Waals surface area contributed by atoms with Gasteiger partial charge in [-0.25, -0.2) is 0 Å². The van der Waals surface area contributed by atoms with Crippen molar-refractivity contribution < 1.29 is 0 Å². The van der Waals surface area contributed by atoms with Gasteiger partial charge in [-0.2, -0.15) is 0 Å². The second-order valence-corrected chi connectivity index (χ2v) is 5.61. The molecule has 0 aliphatic carbocycles. The maximum Gasteiger partial charge on any atom is 0.105 e. The zero-order valence-corrected chi connectivity index (χ0v) is 11.4. The van der Waals surface area contributed by atoms with Gasteiger partial charge in [0.25, 0.3) is 0 Å². The molecule has 1 atom stereocenters. The summed E-state index contributed by atoms with van der Waals surface area (Å²) < 4.78 is 0. The standard InChI is InChI=1S/C13H29B/c1-7-12(14)9-13(8-2,10(3)4)11(5)6/h10-12H,7-9,14H2,1-6H3. The van der Waals surface area contributed by atoms with E-state index >= 15 is 0 Å². The van der Waals surface area contributed by atoms with Crippen LogP contribution in [0.3, 0.4) is 0 Å². The molecular formula is C13H29B. The molecule has 0 heterocycles. The molecule has 0 amide bonds. The summed E-state index contributed by atoms with van der Waals surface area (Å²) in [5.41, 5.74) is 0.565. The predicted octanol–water partition coefficient (Wildman–Crippen LogP) is 3.92. The Hall–Kier alpha value is 0.0649. The Morgan fingerprint density at radius 3 is 1.64 bits per heavy atom. The van der Waals surface area contributed by atoms with Gasteiger partial charge in [-0.05, 0) is 23.7 Å². The Morgan fingerprint density at radius 2 is 1.43 bits per heavy atom. The molecule has 0 aromatic rings. The Labute approximate surface area is 92.3 Å². The van der Waals surface area contributed by atoms with Crippen LogP contribution < -0.4 is 0 Å². The summed E-state index contributed by atoms with van der Waals surface area (Å²) in [5, 5.41) is 0. The SMILES string of the molecule is BC(CC)CC(CC)(C(C)C)C(C)C. The fourth-order valence-electron chi connectivity index (χ4n) is 2.89. The molecule has 0 aliphatic heterocycles. The van der Waals surface area contributed by atoms with E-state index in [0.29, 0.717) is 5.41 Å². The summed E-state index contributed by atoms with van der Waals surface area (Å²) in [6.45, 7) is 14.3. The van der Waals surface area contributed by atoms with E-state index in [1.165, 1.54) is 19.3 Å². The van der Waals surface area contributed by atoms with Crippen molar-refractivity contribution in [1.29, 1.82) is 0 Å². The molecule has 0 radical (unpaired) electrons. The summed E-state index contributed by atoms with van der Waals surface area (Å²) in [4.78, 5) is 0. The Bertz CT molecular complexity index is 141. The van der Waals surface area contributed by atoms with Crippen molar-refractivity contribution in [2.45, 2.75) is 66.6 Å². The third-order valence-electron chi connectivity index (χ3n) is 4.38. The third kappa shape index (κ3) is 3.03. The van der Waals surface area contributed by atoms with Crippen molar-refractivity contribution in [3.8, 4) is 0 Å². The highest BCUT2D eigenvalue weighted by Gasteiger charge is 2.35. The first-order valence-electron chi connectivity index (χ1n) is 6.40. The maximum atomic E-state index is 2.40. The monoisotopic (exact) mass is 196 g/mol. The van der Waals surface area contributed by atoms with Gasteiger partial charge in [-0.3, -0.25) is 0 Å². The molecule has 1 heteroatoms. The minimum Gasteiger partial charge on any atom is -0.0694 e. The first-order chi connectivity index (χ1) is 6.40. The molecule has 0 bridgehead atoms. The molecule has 84 valence electrons. The number of hydrogen-bond donors (Lipinski definition) is 0. The van der Waals surface area contributed by atoms with Crippen LogP contribution >= 0.6 is 0 Å². The van der Waals surface area contributed by atoms with Crippen LogP contribution in [-0.4, -0.2) is 7.85 Å². The van der Waals surface area contributed by atoms with Gasteiger partial charge in [0.2, 0.25) is 0 Å². The normalized spacial score (nSPS) is 15.1. The fourth-order valence-corrected chi connectivity index (χ4v) is 2.89. The lowest BCUT2D eigenvalue weighted by Gasteiger charge is -2.43. The minimum absolute atomic E-state index is 0.565. The highest BCUT2D eigenvalue weighted by molar-refractivity contribution is 6.11. The van der Waals surface area contributed by atoms with Crippen LogP contribution in [-0.2, 0) is 0 Å². The maximum absolute atomic E-state index is 2.40. The fraction of sp³-hybridized carbons (Fsp3) is 1.00. The van der Waals surface area contributed by atoms with Gasteiger partial charge < -0.3 is 0 Å². The van der Waals surface area contributed by atoms with Crippen molar-refractivity contribution >= 4 is 7.85 Å². The zero-order valence-electron chi connectivity index (χ0n) is 11.4. The lowest BCUT2D eigenvalue weighted by atomic mass is 9.59. The van der Waals surface area contributed by atoms with E-state index in [4.69, 9.17) is 0 Å². The highest BCUT2D eigenvalue weighted by Crippen LogP contribution is 2.45. The Morgan fingerprint density at radius 1 is 1.00 bits per heavy atom. The van der Waals surface area contributed by atoms with E-state index in [2.05, 4.69) is 49.4 Å². The van der Waals surface area contributed by atoms with E-state index in [-0.39, 0.29) is 0 Å². The van der Waals surface area contributed by atoms with Gasteiger partial charge in [0.1, 0.15) is 7.85 Å². The lowest BCUT2D eigenvalue weighted by Crippen LogP contribution is -2.33. The smallest absolute Gasteiger partial charge is 0.0694 e. The van der Waals surface area contributed by atoms with E-state index in [0.717, 1.165) is 17.7 Å². The van der Waals surface area contributed by atoms with Crippen LogP contribution in [0.2, 0.25) is 5.82 Å². The lowest BCUT2D eigenvalue weighted by molar-refractivity contribution is 0.0892. The molecule has 0 nitrogen and oxygen atoms in total. The summed E-state index contributed by atoms with van der Waals surface area (Å²) in [6.07, 6.45) is 4.04. The molecule has 0 aliphatic rings. The van der Waals surface area contributed by atoms with Gasteiger partial charge >= 0.3 is 0 Å². The zero-order chi connectivity index (χ0) is 11.4. The summed E-state index contributed by atoms with van der Waals surface area (Å²) >= 11 is 0. The van der Waals surface area contributed by atoms with E-state index in [1.54, 1.807) is 0 Å². The average molecular weight is 196 g/mol. The topological polar surface area (TPSA) is 0 Å². The van der Waals surface area contributed by atoms with Crippen molar-refractivity contribution in [2.24, 2.45) is 17.3 Å². The molecule has 0 aromatic heterocycles. The van der Waals surface area contributed by atoms with Crippen LogP contribution in [0.4, 0.5) is 0 Å². The number of rotatable bonds is 6. The largest absolute Gasteiger partial charge is 0.105 e. The first-order valence-corrected chi connectivity index (χ1v) is 6.40. The highest BCUT2D eigenvalue weighted by atomic mass is 14.4. The molecular weight excluding hydrogens is 167 g/mol. The first kappa shape index (κ1) is 14.1. The number of hydrogen-bond acceptors (Lipinski definition) is 0. The Balaban J connectivity index is 4.67. The van der Waals surface area contributed by atoms with Crippen LogP contribution in [0.5, 0.6) is 0 Å². The van der Waals surface area contributed by atoms with Gasteiger partial charge in [-0.15, -0.1) is 0 Å². The van der Waals surface area contributed by atoms with Crippen molar-refractivity contribution in [3.63, 3.8) is 0 Å². The molecule has 0 saturated heterocycles. The molecule has 0 fully saturated rings. The molecule has 0 spiro atoms. The van der Waals surface area contributed by atoms with Crippen molar-refractivity contribution in [3.05, 3.63) is 0 Å². The van der Waals surface area contributed by atoms with Crippen LogP contribution in [0.1, 0.15) is 60.8 Å². The average Bonchev–Trinajstić information content (AvgIpc) is 2.12. The molecule has 0 N–H and O–H groups in total. The Kier molecular flexibility index (Phi) is 5.85. The quantitative estimate of drug-likeness (QED) is 0.565. The summed E-state index contributed by atoms with van der Waals surface area (Å²) in [5.74, 6) is 2.49. The van der Waals surface area contributed by atoms with Crippen molar-refractivity contribution in [1.82, 2.24) is 0 Å². The van der Waals surface area contributed by atoms with Crippen LogP contribution in [0.15, 0.2) is 0 Å². The molecule has 0 saturated carbocycles. The van der Waals surface area contributed by atoms with E-state index in [1.807, 2.05) is 0 Å². The minimum atomic E-state index is 0.565. The van der Waals surface area contributed by atoms with Gasteiger partial charge in [0.05, 0.1) is 0 Å². The molecule has 0 aromatic carbocycles. The van der Waals surface area contributed by atoms with Gasteiger partial charge in [0, 0.05) is 0 Å². The summed E-state index contributed by atoms with van der Waals surface area (Å²) in [7, 11) is 2.40. The van der Waals surface area contributed by atoms with Gasteiger partial charge in [-0.1, -0.05) is 60.2 Å². The van der Waals surface area contributed by atoms with E-state index in [9.17, 15) is 0 Å². The predicted molar refractivity (Wildman–Crippen MR) is 69.6 cm³/mol. The third-order valence-corrected chi connectivity index (χ3v) is 4.38. The molecule has 14 heavy (non-hydrogen) atoms. The second-order valence-electron chi connectivity index (χ2n) is 5.61. The van der Waals surface area contributed by atoms with Crippen LogP contribution in [0, 0.1) is 17.3 Å². The second kappa shape index (κ2) is 5.83. The summed E-state index contributed by atoms with van der Waals surface area (Å²) in [6, 6.07) is 0. The van der Waals surface area contributed by atoms with Crippen molar-refractivity contribution in [2.75, 3.05) is 0 Å². The molecule has 0 rings (SSSR count). The van der Waals surface area contributed by atoms with E-state index < -0.39 is 0 Å².